The van der Waals surface area contributed by atoms with Gasteiger partial charge in [-0.25, -0.2) is 0 Å². The number of benzene rings is 1. The minimum absolute atomic E-state index is 0.0569. The molecule has 4 nitrogen and oxygen atoms in total. The average Bonchev–Trinajstić information content (AvgIpc) is 2.48. The molecule has 0 heterocycles. The number of carbonyl (C=O) groups is 1. The van der Waals surface area contributed by atoms with E-state index in [-0.39, 0.29) is 23.7 Å². The second-order valence-corrected chi connectivity index (χ2v) is 6.04. The number of phenols is 1. The fourth-order valence-corrected chi connectivity index (χ4v) is 3.09. The van der Waals surface area contributed by atoms with E-state index in [1.54, 1.807) is 6.07 Å². The molecule has 21 heavy (non-hydrogen) atoms. The summed E-state index contributed by atoms with van der Waals surface area (Å²) in [6.07, 6.45) is 4.77. The summed E-state index contributed by atoms with van der Waals surface area (Å²) >= 11 is 0. The Bertz CT molecular complexity index is 494. The SMILES string of the molecule is CCCN(C(=O)c1cccc(C)c1O)C1CCC(N)CC1. The second kappa shape index (κ2) is 6.94. The van der Waals surface area contributed by atoms with Crippen LogP contribution in [-0.4, -0.2) is 34.5 Å². The van der Waals surface area contributed by atoms with Crippen LogP contribution in [-0.2, 0) is 0 Å². The van der Waals surface area contributed by atoms with Crippen LogP contribution in [0.3, 0.4) is 0 Å². The van der Waals surface area contributed by atoms with Crippen molar-refractivity contribution in [2.75, 3.05) is 6.54 Å². The Balaban J connectivity index is 2.21. The summed E-state index contributed by atoms with van der Waals surface area (Å²) in [5, 5.41) is 10.2. The minimum Gasteiger partial charge on any atom is -0.507 e. The van der Waals surface area contributed by atoms with Crippen molar-refractivity contribution in [3.63, 3.8) is 0 Å². The van der Waals surface area contributed by atoms with E-state index in [2.05, 4.69) is 6.92 Å². The lowest BCUT2D eigenvalue weighted by Crippen LogP contribution is -2.44. The van der Waals surface area contributed by atoms with Crippen LogP contribution in [0.2, 0.25) is 0 Å². The molecule has 1 aliphatic carbocycles. The molecule has 3 N–H and O–H groups in total. The quantitative estimate of drug-likeness (QED) is 0.896. The maximum Gasteiger partial charge on any atom is 0.257 e. The van der Waals surface area contributed by atoms with Crippen LogP contribution in [0, 0.1) is 6.92 Å². The molecule has 0 radical (unpaired) electrons. The van der Waals surface area contributed by atoms with E-state index < -0.39 is 0 Å². The lowest BCUT2D eigenvalue weighted by atomic mass is 9.90. The Morgan fingerprint density at radius 2 is 2.00 bits per heavy atom. The zero-order chi connectivity index (χ0) is 15.4. The molecule has 0 saturated heterocycles. The molecule has 0 aliphatic heterocycles. The summed E-state index contributed by atoms with van der Waals surface area (Å²) in [7, 11) is 0. The Morgan fingerprint density at radius 3 is 2.62 bits per heavy atom. The predicted octanol–water partition coefficient (Wildman–Crippen LogP) is 2.82. The van der Waals surface area contributed by atoms with Gasteiger partial charge in [-0.2, -0.15) is 0 Å². The number of para-hydroxylation sites is 1. The fraction of sp³-hybridized carbons (Fsp3) is 0.588. The molecule has 0 atom stereocenters. The second-order valence-electron chi connectivity index (χ2n) is 6.04. The first kappa shape index (κ1) is 15.8. The number of aromatic hydroxyl groups is 1. The van der Waals surface area contributed by atoms with Crippen molar-refractivity contribution in [3.05, 3.63) is 29.3 Å². The summed E-state index contributed by atoms with van der Waals surface area (Å²) in [5.41, 5.74) is 7.11. The van der Waals surface area contributed by atoms with Gasteiger partial charge in [0.1, 0.15) is 5.75 Å². The standard InChI is InChI=1S/C17H26N2O2/c1-3-11-19(14-9-7-13(18)8-10-14)17(21)15-6-4-5-12(2)16(15)20/h4-6,13-14,20H,3,7-11,18H2,1-2H3. The molecule has 1 aliphatic rings. The first-order chi connectivity index (χ1) is 10.0. The van der Waals surface area contributed by atoms with E-state index in [9.17, 15) is 9.90 Å². The van der Waals surface area contributed by atoms with Gasteiger partial charge in [0, 0.05) is 18.6 Å². The topological polar surface area (TPSA) is 66.6 Å². The molecular weight excluding hydrogens is 264 g/mol. The highest BCUT2D eigenvalue weighted by atomic mass is 16.3. The van der Waals surface area contributed by atoms with E-state index in [1.165, 1.54) is 0 Å². The van der Waals surface area contributed by atoms with Gasteiger partial charge in [0.05, 0.1) is 5.56 Å². The van der Waals surface area contributed by atoms with Crippen LogP contribution in [0.4, 0.5) is 0 Å². The van der Waals surface area contributed by atoms with Gasteiger partial charge in [-0.05, 0) is 50.7 Å². The molecule has 116 valence electrons. The van der Waals surface area contributed by atoms with Gasteiger partial charge in [0.2, 0.25) is 0 Å². The largest absolute Gasteiger partial charge is 0.507 e. The highest BCUT2D eigenvalue weighted by molar-refractivity contribution is 5.97. The summed E-state index contributed by atoms with van der Waals surface area (Å²) < 4.78 is 0. The van der Waals surface area contributed by atoms with Gasteiger partial charge in [-0.15, -0.1) is 0 Å². The van der Waals surface area contributed by atoms with Crippen molar-refractivity contribution in [1.82, 2.24) is 4.90 Å². The van der Waals surface area contributed by atoms with Gasteiger partial charge in [-0.3, -0.25) is 4.79 Å². The number of aryl methyl sites for hydroxylation is 1. The third kappa shape index (κ3) is 3.56. The number of amides is 1. The van der Waals surface area contributed by atoms with Crippen LogP contribution < -0.4 is 5.73 Å². The lowest BCUT2D eigenvalue weighted by Gasteiger charge is -2.36. The molecule has 1 fully saturated rings. The third-order valence-corrected chi connectivity index (χ3v) is 4.38. The molecule has 1 saturated carbocycles. The van der Waals surface area contributed by atoms with Crippen LogP contribution in [0.25, 0.3) is 0 Å². The third-order valence-electron chi connectivity index (χ3n) is 4.38. The maximum absolute atomic E-state index is 12.8. The van der Waals surface area contributed by atoms with Crippen LogP contribution in [0.15, 0.2) is 18.2 Å². The average molecular weight is 290 g/mol. The van der Waals surface area contributed by atoms with E-state index in [0.717, 1.165) is 44.2 Å². The molecule has 4 heteroatoms. The lowest BCUT2D eigenvalue weighted by molar-refractivity contribution is 0.0623. The van der Waals surface area contributed by atoms with Crippen LogP contribution in [0.1, 0.15) is 54.9 Å². The Labute approximate surface area is 126 Å². The predicted molar refractivity (Wildman–Crippen MR) is 84.4 cm³/mol. The highest BCUT2D eigenvalue weighted by Crippen LogP contribution is 2.27. The molecule has 0 bridgehead atoms. The van der Waals surface area contributed by atoms with Gasteiger partial charge < -0.3 is 15.7 Å². The molecule has 1 amide bonds. The molecule has 2 rings (SSSR count). The van der Waals surface area contributed by atoms with E-state index in [0.29, 0.717) is 5.56 Å². The van der Waals surface area contributed by atoms with E-state index >= 15 is 0 Å². The van der Waals surface area contributed by atoms with Crippen molar-refractivity contribution in [2.24, 2.45) is 5.73 Å². The van der Waals surface area contributed by atoms with Gasteiger partial charge in [0.25, 0.3) is 5.91 Å². The molecular formula is C17H26N2O2. The number of nitrogens with two attached hydrogens (primary N) is 1. The Morgan fingerprint density at radius 1 is 1.33 bits per heavy atom. The van der Waals surface area contributed by atoms with Crippen molar-refractivity contribution >= 4 is 5.91 Å². The van der Waals surface area contributed by atoms with Gasteiger partial charge >= 0.3 is 0 Å². The summed E-state index contributed by atoms with van der Waals surface area (Å²) in [6.45, 7) is 4.62. The molecule has 1 aromatic rings. The Hall–Kier alpha value is -1.55. The van der Waals surface area contributed by atoms with Crippen molar-refractivity contribution in [3.8, 4) is 5.75 Å². The summed E-state index contributed by atoms with van der Waals surface area (Å²) in [4.78, 5) is 14.8. The fourth-order valence-electron chi connectivity index (χ4n) is 3.09. The number of carbonyl (C=O) groups excluding carboxylic acids is 1. The zero-order valence-corrected chi connectivity index (χ0v) is 13.0. The summed E-state index contributed by atoms with van der Waals surface area (Å²) in [6, 6.07) is 5.87. The maximum atomic E-state index is 12.8. The molecule has 1 aromatic carbocycles. The minimum atomic E-state index is -0.0569. The van der Waals surface area contributed by atoms with Gasteiger partial charge in [0.15, 0.2) is 0 Å². The number of hydrogen-bond acceptors (Lipinski definition) is 3. The molecule has 0 spiro atoms. The van der Waals surface area contributed by atoms with Crippen molar-refractivity contribution in [1.29, 1.82) is 0 Å². The first-order valence-electron chi connectivity index (χ1n) is 7.89. The molecule has 0 aromatic heterocycles. The summed E-state index contributed by atoms with van der Waals surface area (Å²) in [5.74, 6) is 0.0506. The Kier molecular flexibility index (Phi) is 5.23. The van der Waals surface area contributed by atoms with Crippen LogP contribution >= 0.6 is 0 Å². The number of nitrogens with zero attached hydrogens (tertiary/aromatic N) is 1. The molecule has 0 unspecified atom stereocenters. The van der Waals surface area contributed by atoms with E-state index in [4.69, 9.17) is 5.73 Å². The smallest absolute Gasteiger partial charge is 0.257 e. The van der Waals surface area contributed by atoms with E-state index in [1.807, 2.05) is 24.0 Å². The highest BCUT2D eigenvalue weighted by Gasteiger charge is 2.29. The van der Waals surface area contributed by atoms with Crippen molar-refractivity contribution in [2.45, 2.75) is 58.0 Å². The van der Waals surface area contributed by atoms with Gasteiger partial charge in [-0.1, -0.05) is 19.1 Å². The number of phenolic OH excluding ortho intramolecular Hbond substituents is 1. The monoisotopic (exact) mass is 290 g/mol. The zero-order valence-electron chi connectivity index (χ0n) is 13.0. The first-order valence-corrected chi connectivity index (χ1v) is 7.89. The van der Waals surface area contributed by atoms with Crippen molar-refractivity contribution < 1.29 is 9.90 Å². The van der Waals surface area contributed by atoms with Crippen LogP contribution in [0.5, 0.6) is 5.75 Å². The number of rotatable bonds is 4. The normalized spacial score (nSPS) is 22.0. The number of hydrogen-bond donors (Lipinski definition) is 2.